The Bertz CT molecular complexity index is 1240. The lowest BCUT2D eigenvalue weighted by Gasteiger charge is -2.33. The van der Waals surface area contributed by atoms with Gasteiger partial charge >= 0.3 is 5.97 Å². The van der Waals surface area contributed by atoms with Crippen LogP contribution in [0.25, 0.3) is 0 Å². The van der Waals surface area contributed by atoms with Crippen LogP contribution in [0.2, 0.25) is 0 Å². The Balaban J connectivity index is 1.29. The van der Waals surface area contributed by atoms with Crippen molar-refractivity contribution in [3.8, 4) is 0 Å². The van der Waals surface area contributed by atoms with Gasteiger partial charge in [-0.25, -0.2) is 0 Å². The van der Waals surface area contributed by atoms with Gasteiger partial charge in [0.25, 0.3) is 10.0 Å². The fourth-order valence-electron chi connectivity index (χ4n) is 4.44. The topological polar surface area (TPSA) is 76.0 Å². The number of nitrogens with zero attached hydrogens (tertiary/aromatic N) is 2. The maximum absolute atomic E-state index is 13.1. The summed E-state index contributed by atoms with van der Waals surface area (Å²) in [6.07, 6.45) is 0.696. The molecule has 6 nitrogen and oxygen atoms in total. The Labute approximate surface area is 193 Å². The van der Waals surface area contributed by atoms with Crippen molar-refractivity contribution in [1.82, 2.24) is 4.90 Å². The number of benzene rings is 3. The number of esters is 1. The number of ether oxygens (including phenoxy) is 1. The standard InChI is InChI=1S/C26H24N2O4S/c29-26(32-24(19-9-3-1-4-10-19)20-11-5-2-6-12-20)21-15-17-28(18-16-21)25-22-13-7-8-14-23(22)33(30,31)27-25/h1-14,21,24H,15-18H2. The second kappa shape index (κ2) is 8.83. The van der Waals surface area contributed by atoms with E-state index in [0.717, 1.165) is 11.1 Å². The largest absolute Gasteiger partial charge is 0.452 e. The van der Waals surface area contributed by atoms with Crippen LogP contribution >= 0.6 is 0 Å². The number of amidine groups is 1. The number of hydrogen-bond donors (Lipinski definition) is 0. The van der Waals surface area contributed by atoms with Gasteiger partial charge < -0.3 is 9.64 Å². The summed E-state index contributed by atoms with van der Waals surface area (Å²) in [5, 5.41) is 0. The monoisotopic (exact) mass is 460 g/mol. The zero-order valence-corrected chi connectivity index (χ0v) is 18.8. The Morgan fingerprint density at radius 3 is 2.00 bits per heavy atom. The molecule has 0 bridgehead atoms. The van der Waals surface area contributed by atoms with Crippen LogP contribution in [0.3, 0.4) is 0 Å². The fourth-order valence-corrected chi connectivity index (χ4v) is 5.67. The first-order valence-corrected chi connectivity index (χ1v) is 12.5. The van der Waals surface area contributed by atoms with Gasteiger partial charge in [-0.2, -0.15) is 8.42 Å². The Kier molecular flexibility index (Phi) is 5.72. The number of carbonyl (C=O) groups is 1. The third-order valence-electron chi connectivity index (χ3n) is 6.18. The predicted octanol–water partition coefficient (Wildman–Crippen LogP) is 4.18. The third kappa shape index (κ3) is 4.28. The van der Waals surface area contributed by atoms with E-state index >= 15 is 0 Å². The van der Waals surface area contributed by atoms with E-state index in [9.17, 15) is 13.2 Å². The summed E-state index contributed by atoms with van der Waals surface area (Å²) in [5.41, 5.74) is 2.49. The van der Waals surface area contributed by atoms with Gasteiger partial charge in [0.05, 0.1) is 5.92 Å². The Morgan fingerprint density at radius 2 is 1.39 bits per heavy atom. The molecule has 2 aliphatic rings. The molecule has 7 heteroatoms. The number of fused-ring (bicyclic) bond motifs is 1. The van der Waals surface area contributed by atoms with Gasteiger partial charge in [0.15, 0.2) is 11.9 Å². The van der Waals surface area contributed by atoms with E-state index < -0.39 is 16.1 Å². The SMILES string of the molecule is O=C(OC(c1ccccc1)c1ccccc1)C1CCN(C2=NS(=O)(=O)c3ccccc32)CC1. The molecule has 3 aromatic carbocycles. The molecule has 0 aliphatic carbocycles. The summed E-state index contributed by atoms with van der Waals surface area (Å²) < 4.78 is 34.8. The Hall–Kier alpha value is -3.45. The van der Waals surface area contributed by atoms with Crippen LogP contribution < -0.4 is 0 Å². The highest BCUT2D eigenvalue weighted by molar-refractivity contribution is 7.90. The highest BCUT2D eigenvalue weighted by atomic mass is 32.2. The molecule has 2 aliphatic heterocycles. The number of carbonyl (C=O) groups excluding carboxylic acids is 1. The first-order valence-electron chi connectivity index (χ1n) is 11.0. The first-order chi connectivity index (χ1) is 16.0. The van der Waals surface area contributed by atoms with Crippen molar-refractivity contribution < 1.29 is 17.9 Å². The number of hydrogen-bond acceptors (Lipinski definition) is 5. The summed E-state index contributed by atoms with van der Waals surface area (Å²) in [5.74, 6) is 0.00244. The molecule has 33 heavy (non-hydrogen) atoms. The number of rotatable bonds is 4. The van der Waals surface area contributed by atoms with Crippen LogP contribution in [0.1, 0.15) is 35.6 Å². The molecule has 1 saturated heterocycles. The van der Waals surface area contributed by atoms with E-state index in [0.29, 0.717) is 37.3 Å². The lowest BCUT2D eigenvalue weighted by atomic mass is 9.95. The van der Waals surface area contributed by atoms with E-state index in [-0.39, 0.29) is 16.8 Å². The van der Waals surface area contributed by atoms with Crippen LogP contribution in [-0.4, -0.2) is 38.2 Å². The van der Waals surface area contributed by atoms with Crippen molar-refractivity contribution in [2.24, 2.45) is 10.3 Å². The molecule has 5 rings (SSSR count). The molecule has 0 spiro atoms. The smallest absolute Gasteiger partial charge is 0.310 e. The van der Waals surface area contributed by atoms with Crippen molar-refractivity contribution >= 4 is 21.8 Å². The highest BCUT2D eigenvalue weighted by Gasteiger charge is 2.35. The van der Waals surface area contributed by atoms with E-state index in [1.807, 2.05) is 71.6 Å². The minimum atomic E-state index is -3.66. The van der Waals surface area contributed by atoms with Gasteiger partial charge in [-0.15, -0.1) is 4.40 Å². The van der Waals surface area contributed by atoms with Gasteiger partial charge in [0, 0.05) is 18.7 Å². The van der Waals surface area contributed by atoms with E-state index in [1.165, 1.54) is 0 Å². The minimum Gasteiger partial charge on any atom is -0.452 e. The van der Waals surface area contributed by atoms with Crippen molar-refractivity contribution in [3.05, 3.63) is 102 Å². The van der Waals surface area contributed by atoms with Gasteiger partial charge in [-0.1, -0.05) is 72.8 Å². The molecule has 0 saturated carbocycles. The van der Waals surface area contributed by atoms with Crippen molar-refractivity contribution in [1.29, 1.82) is 0 Å². The molecule has 0 unspecified atom stereocenters. The molecule has 168 valence electrons. The van der Waals surface area contributed by atoms with Crippen molar-refractivity contribution in [2.45, 2.75) is 23.8 Å². The second-order valence-electron chi connectivity index (χ2n) is 8.29. The van der Waals surface area contributed by atoms with E-state index in [2.05, 4.69) is 4.40 Å². The first kappa shape index (κ1) is 21.4. The van der Waals surface area contributed by atoms with Crippen LogP contribution in [-0.2, 0) is 19.6 Å². The molecule has 2 heterocycles. The highest BCUT2D eigenvalue weighted by Crippen LogP contribution is 2.32. The molecule has 0 N–H and O–H groups in total. The van der Waals surface area contributed by atoms with Gasteiger partial charge in [-0.3, -0.25) is 4.79 Å². The van der Waals surface area contributed by atoms with E-state index in [4.69, 9.17) is 4.74 Å². The zero-order valence-electron chi connectivity index (χ0n) is 18.0. The lowest BCUT2D eigenvalue weighted by Crippen LogP contribution is -2.40. The summed E-state index contributed by atoms with van der Waals surface area (Å²) >= 11 is 0. The van der Waals surface area contributed by atoms with Crippen LogP contribution in [0.5, 0.6) is 0 Å². The molecule has 1 fully saturated rings. The van der Waals surface area contributed by atoms with Crippen LogP contribution in [0.15, 0.2) is 94.2 Å². The average Bonchev–Trinajstić information content (AvgIpc) is 3.14. The predicted molar refractivity (Wildman–Crippen MR) is 125 cm³/mol. The average molecular weight is 461 g/mol. The normalized spacial score (nSPS) is 17.5. The molecular formula is C26H24N2O4S. The molecule has 0 amide bonds. The molecule has 0 radical (unpaired) electrons. The summed E-state index contributed by atoms with van der Waals surface area (Å²) in [4.78, 5) is 15.3. The summed E-state index contributed by atoms with van der Waals surface area (Å²) in [6.45, 7) is 1.09. The fraction of sp³-hybridized carbons (Fsp3) is 0.231. The van der Waals surface area contributed by atoms with Gasteiger partial charge in [-0.05, 0) is 36.1 Å². The molecule has 0 aromatic heterocycles. The molecular weight excluding hydrogens is 436 g/mol. The quantitative estimate of drug-likeness (QED) is 0.546. The van der Waals surface area contributed by atoms with Gasteiger partial charge in [0.1, 0.15) is 4.90 Å². The lowest BCUT2D eigenvalue weighted by molar-refractivity contribution is -0.153. The van der Waals surface area contributed by atoms with Gasteiger partial charge in [0.2, 0.25) is 0 Å². The number of sulfonamides is 1. The number of likely N-dealkylation sites (tertiary alicyclic amines) is 1. The Morgan fingerprint density at radius 1 is 0.848 bits per heavy atom. The van der Waals surface area contributed by atoms with Crippen LogP contribution in [0.4, 0.5) is 0 Å². The number of piperidine rings is 1. The summed E-state index contributed by atoms with van der Waals surface area (Å²) in [7, 11) is -3.66. The third-order valence-corrected chi connectivity index (χ3v) is 7.50. The maximum Gasteiger partial charge on any atom is 0.310 e. The zero-order chi connectivity index (χ0) is 22.8. The van der Waals surface area contributed by atoms with Crippen LogP contribution in [0, 0.1) is 5.92 Å². The maximum atomic E-state index is 13.1. The van der Waals surface area contributed by atoms with Crippen molar-refractivity contribution in [2.75, 3.05) is 13.1 Å². The molecule has 0 atom stereocenters. The van der Waals surface area contributed by atoms with E-state index in [1.54, 1.807) is 18.2 Å². The minimum absolute atomic E-state index is 0.228. The second-order valence-corrected chi connectivity index (χ2v) is 9.86. The summed E-state index contributed by atoms with van der Waals surface area (Å²) in [6, 6.07) is 26.3. The molecule has 3 aromatic rings. The van der Waals surface area contributed by atoms with Crippen molar-refractivity contribution in [3.63, 3.8) is 0 Å².